The lowest BCUT2D eigenvalue weighted by molar-refractivity contribution is -0.00257. The van der Waals surface area contributed by atoms with Crippen LogP contribution >= 0.6 is 11.6 Å². The molecule has 1 amide bonds. The Labute approximate surface area is 157 Å². The van der Waals surface area contributed by atoms with Crippen LogP contribution in [-0.2, 0) is 0 Å². The minimum atomic E-state index is -0.662. The van der Waals surface area contributed by atoms with Crippen molar-refractivity contribution in [3.63, 3.8) is 0 Å². The third-order valence-corrected chi connectivity index (χ3v) is 5.38. The highest BCUT2D eigenvalue weighted by Gasteiger charge is 2.31. The van der Waals surface area contributed by atoms with E-state index in [1.54, 1.807) is 12.1 Å². The first-order chi connectivity index (χ1) is 12.3. The maximum absolute atomic E-state index is 12.6. The summed E-state index contributed by atoms with van der Waals surface area (Å²) < 4.78 is 5.08. The summed E-state index contributed by atoms with van der Waals surface area (Å²) in [4.78, 5) is 21.0. The van der Waals surface area contributed by atoms with E-state index >= 15 is 0 Å². The van der Waals surface area contributed by atoms with Gasteiger partial charge in [0.2, 0.25) is 5.88 Å². The molecule has 7 heteroatoms. The number of carbonyl (C=O) groups excluding carboxylic acids is 1. The molecule has 0 aliphatic heterocycles. The van der Waals surface area contributed by atoms with Gasteiger partial charge in [0, 0.05) is 17.6 Å². The molecule has 26 heavy (non-hydrogen) atoms. The first-order valence-corrected chi connectivity index (χ1v) is 9.19. The van der Waals surface area contributed by atoms with Crippen LogP contribution in [0.5, 0.6) is 5.88 Å². The Morgan fingerprint density at radius 2 is 2.00 bits per heavy atom. The van der Waals surface area contributed by atoms with E-state index in [2.05, 4.69) is 15.3 Å². The highest BCUT2D eigenvalue weighted by Crippen LogP contribution is 2.32. The summed E-state index contributed by atoms with van der Waals surface area (Å²) in [5.41, 5.74) is 0.295. The second-order valence-electron chi connectivity index (χ2n) is 7.43. The van der Waals surface area contributed by atoms with Crippen LogP contribution in [0.3, 0.4) is 0 Å². The molecule has 2 heterocycles. The zero-order valence-corrected chi connectivity index (χ0v) is 16.0. The van der Waals surface area contributed by atoms with Crippen molar-refractivity contribution >= 4 is 28.5 Å². The number of rotatable bonds is 4. The predicted octanol–water partition coefficient (Wildman–Crippen LogP) is 3.35. The zero-order valence-electron chi connectivity index (χ0n) is 15.3. The molecule has 0 saturated heterocycles. The van der Waals surface area contributed by atoms with Crippen molar-refractivity contribution in [3.8, 4) is 5.88 Å². The van der Waals surface area contributed by atoms with Crippen LogP contribution in [-0.4, -0.2) is 39.7 Å². The molecule has 1 fully saturated rings. The second kappa shape index (κ2) is 7.37. The molecule has 2 N–H and O–H groups in total. The Balaban J connectivity index is 1.69. The number of aliphatic hydroxyl groups is 1. The Kier molecular flexibility index (Phi) is 5.34. The first kappa shape index (κ1) is 18.9. The largest absolute Gasteiger partial charge is 0.480 e. The molecule has 2 aromatic rings. The van der Waals surface area contributed by atoms with Crippen molar-refractivity contribution in [2.24, 2.45) is 5.92 Å². The highest BCUT2D eigenvalue weighted by molar-refractivity contribution is 6.32. The molecule has 1 aliphatic rings. The van der Waals surface area contributed by atoms with E-state index in [9.17, 15) is 9.90 Å². The Bertz CT molecular complexity index is 812. The molecule has 1 saturated carbocycles. The van der Waals surface area contributed by atoms with Gasteiger partial charge in [-0.1, -0.05) is 11.6 Å². The third-order valence-electron chi connectivity index (χ3n) is 5.11. The monoisotopic (exact) mass is 377 g/mol. The summed E-state index contributed by atoms with van der Waals surface area (Å²) in [6.45, 7) is 3.71. The summed E-state index contributed by atoms with van der Waals surface area (Å²) in [5, 5.41) is 14.3. The molecule has 0 aromatic carbocycles. The van der Waals surface area contributed by atoms with E-state index in [-0.39, 0.29) is 17.9 Å². The Hall–Kier alpha value is -1.92. The van der Waals surface area contributed by atoms with Crippen molar-refractivity contribution < 1.29 is 14.6 Å². The van der Waals surface area contributed by atoms with Gasteiger partial charge in [0.05, 0.1) is 18.3 Å². The van der Waals surface area contributed by atoms with Crippen LogP contribution < -0.4 is 10.1 Å². The van der Waals surface area contributed by atoms with Crippen molar-refractivity contribution in [2.75, 3.05) is 7.11 Å². The van der Waals surface area contributed by atoms with Crippen molar-refractivity contribution in [1.82, 2.24) is 15.3 Å². The van der Waals surface area contributed by atoms with Crippen LogP contribution in [0.25, 0.3) is 11.0 Å². The number of pyridine rings is 2. The first-order valence-electron chi connectivity index (χ1n) is 8.81. The minimum Gasteiger partial charge on any atom is -0.480 e. The summed E-state index contributed by atoms with van der Waals surface area (Å²) in [6.07, 6.45) is 5.06. The van der Waals surface area contributed by atoms with Crippen LogP contribution in [0.2, 0.25) is 5.02 Å². The van der Waals surface area contributed by atoms with Gasteiger partial charge in [-0.05, 0) is 57.6 Å². The number of nitrogens with one attached hydrogen (secondary N) is 1. The van der Waals surface area contributed by atoms with Crippen LogP contribution in [0.4, 0.5) is 0 Å². The number of carbonyl (C=O) groups is 1. The summed E-state index contributed by atoms with van der Waals surface area (Å²) in [6, 6.07) is 3.55. The number of halogens is 1. The third kappa shape index (κ3) is 4.07. The fraction of sp³-hybridized carbons (Fsp3) is 0.526. The molecule has 0 unspecified atom stereocenters. The van der Waals surface area contributed by atoms with Gasteiger partial charge in [0.1, 0.15) is 5.02 Å². The van der Waals surface area contributed by atoms with Gasteiger partial charge < -0.3 is 15.2 Å². The number of aromatic nitrogens is 2. The van der Waals surface area contributed by atoms with E-state index in [0.29, 0.717) is 27.5 Å². The van der Waals surface area contributed by atoms with Gasteiger partial charge in [0.15, 0.2) is 5.65 Å². The van der Waals surface area contributed by atoms with Crippen LogP contribution in [0, 0.1) is 5.92 Å². The molecule has 0 atom stereocenters. The molecule has 2 aromatic heterocycles. The normalized spacial score (nSPS) is 20.8. The number of amides is 1. The van der Waals surface area contributed by atoms with Gasteiger partial charge in [-0.25, -0.2) is 4.98 Å². The van der Waals surface area contributed by atoms with E-state index < -0.39 is 5.60 Å². The standard InChI is InChI=1S/C19H24ClN3O3/c1-19(2,25)13-4-6-14(7-5-13)22-17(24)12-8-11-9-15(20)18(26-3)23-16(11)21-10-12/h8-10,13-14,25H,4-7H2,1-3H3,(H,22,24). The smallest absolute Gasteiger partial charge is 0.253 e. The van der Waals surface area contributed by atoms with Crippen molar-refractivity contribution in [1.29, 1.82) is 0 Å². The van der Waals surface area contributed by atoms with Crippen LogP contribution in [0.15, 0.2) is 18.3 Å². The van der Waals surface area contributed by atoms with E-state index in [1.807, 2.05) is 13.8 Å². The van der Waals surface area contributed by atoms with E-state index in [1.165, 1.54) is 13.3 Å². The molecule has 0 spiro atoms. The lowest BCUT2D eigenvalue weighted by Crippen LogP contribution is -2.41. The molecular weight excluding hydrogens is 354 g/mol. The SMILES string of the molecule is COc1nc2ncc(C(=O)NC3CCC(C(C)(C)O)CC3)cc2cc1Cl. The fourth-order valence-electron chi connectivity index (χ4n) is 3.50. The average Bonchev–Trinajstić information content (AvgIpc) is 2.60. The molecule has 0 radical (unpaired) electrons. The summed E-state index contributed by atoms with van der Waals surface area (Å²) in [5.74, 6) is 0.437. The maximum Gasteiger partial charge on any atom is 0.253 e. The molecule has 3 rings (SSSR count). The average molecular weight is 378 g/mol. The summed E-state index contributed by atoms with van der Waals surface area (Å²) in [7, 11) is 1.49. The Morgan fingerprint density at radius 3 is 2.62 bits per heavy atom. The number of ether oxygens (including phenoxy) is 1. The Morgan fingerprint density at radius 1 is 1.31 bits per heavy atom. The summed E-state index contributed by atoms with van der Waals surface area (Å²) >= 11 is 6.11. The molecule has 140 valence electrons. The topological polar surface area (TPSA) is 84.3 Å². The number of nitrogens with zero attached hydrogens (tertiary/aromatic N) is 2. The van der Waals surface area contributed by atoms with Gasteiger partial charge in [0.25, 0.3) is 5.91 Å². The quantitative estimate of drug-likeness (QED) is 0.853. The second-order valence-corrected chi connectivity index (χ2v) is 7.83. The van der Waals surface area contributed by atoms with Crippen molar-refractivity contribution in [3.05, 3.63) is 28.9 Å². The lowest BCUT2D eigenvalue weighted by atomic mass is 9.77. The predicted molar refractivity (Wildman–Crippen MR) is 101 cm³/mol. The van der Waals surface area contributed by atoms with Gasteiger partial charge in [-0.3, -0.25) is 4.79 Å². The number of hydrogen-bond acceptors (Lipinski definition) is 5. The number of fused-ring (bicyclic) bond motifs is 1. The van der Waals surface area contributed by atoms with Gasteiger partial charge in [-0.15, -0.1) is 0 Å². The molecule has 6 nitrogen and oxygen atoms in total. The minimum absolute atomic E-state index is 0.120. The van der Waals surface area contributed by atoms with Gasteiger partial charge in [-0.2, -0.15) is 4.98 Å². The number of methoxy groups -OCH3 is 1. The highest BCUT2D eigenvalue weighted by atomic mass is 35.5. The maximum atomic E-state index is 12.6. The zero-order chi connectivity index (χ0) is 18.9. The van der Waals surface area contributed by atoms with E-state index in [0.717, 1.165) is 25.7 Å². The lowest BCUT2D eigenvalue weighted by Gasteiger charge is -2.36. The molecule has 0 bridgehead atoms. The van der Waals surface area contributed by atoms with E-state index in [4.69, 9.17) is 16.3 Å². The van der Waals surface area contributed by atoms with Crippen LogP contribution in [0.1, 0.15) is 49.9 Å². The van der Waals surface area contributed by atoms with Crippen molar-refractivity contribution in [2.45, 2.75) is 51.2 Å². The van der Waals surface area contributed by atoms with Gasteiger partial charge >= 0.3 is 0 Å². The molecule has 1 aliphatic carbocycles. The number of hydrogen-bond donors (Lipinski definition) is 2. The molecular formula is C19H24ClN3O3. The fourth-order valence-corrected chi connectivity index (χ4v) is 3.74.